The minimum Gasteiger partial charge on any atom is -0.484 e. The number of carbonyl (C=O) groups excluding carboxylic acids is 1. The number of benzene rings is 1. The van der Waals surface area contributed by atoms with Gasteiger partial charge in [0.05, 0.1) is 5.75 Å². The Kier molecular flexibility index (Phi) is 6.99. The van der Waals surface area contributed by atoms with Gasteiger partial charge in [0.2, 0.25) is 5.91 Å². The predicted octanol–water partition coefficient (Wildman–Crippen LogP) is 4.30. The zero-order chi connectivity index (χ0) is 20.1. The summed E-state index contributed by atoms with van der Waals surface area (Å²) in [4.78, 5) is 12.3. The third kappa shape index (κ3) is 5.50. The van der Waals surface area contributed by atoms with Gasteiger partial charge in [-0.05, 0) is 49.3 Å². The highest BCUT2D eigenvalue weighted by molar-refractivity contribution is 7.99. The Hall–Kier alpha value is -2.02. The number of nitrogens with zero attached hydrogens (tertiary/aromatic N) is 2. The fraction of sp³-hybridized carbons (Fsp3) is 0.571. The third-order valence-corrected chi connectivity index (χ3v) is 6.34. The maximum atomic E-state index is 12.3. The van der Waals surface area contributed by atoms with Gasteiger partial charge in [0.25, 0.3) is 11.1 Å². The maximum absolute atomic E-state index is 12.3. The van der Waals surface area contributed by atoms with E-state index in [2.05, 4.69) is 29.4 Å². The van der Waals surface area contributed by atoms with Gasteiger partial charge in [-0.2, -0.15) is 0 Å². The average molecular weight is 404 g/mol. The van der Waals surface area contributed by atoms with Gasteiger partial charge in [0.15, 0.2) is 6.61 Å². The van der Waals surface area contributed by atoms with E-state index >= 15 is 0 Å². The molecule has 1 heterocycles. The molecule has 1 aromatic carbocycles. The van der Waals surface area contributed by atoms with Crippen molar-refractivity contribution >= 4 is 17.7 Å². The number of hydrogen-bond acceptors (Lipinski definition) is 6. The molecule has 0 radical (unpaired) electrons. The smallest absolute Gasteiger partial charge is 0.277 e. The molecule has 0 unspecified atom stereocenters. The van der Waals surface area contributed by atoms with Crippen molar-refractivity contribution in [1.82, 2.24) is 15.5 Å². The number of amides is 1. The Morgan fingerprint density at radius 1 is 1.29 bits per heavy atom. The fourth-order valence-corrected chi connectivity index (χ4v) is 4.11. The molecular formula is C21H29N3O3S. The maximum Gasteiger partial charge on any atom is 0.277 e. The van der Waals surface area contributed by atoms with Gasteiger partial charge in [0, 0.05) is 6.04 Å². The molecule has 152 valence electrons. The topological polar surface area (TPSA) is 77.2 Å². The van der Waals surface area contributed by atoms with Gasteiger partial charge in [-0.3, -0.25) is 4.79 Å². The second kappa shape index (κ2) is 9.45. The van der Waals surface area contributed by atoms with Crippen molar-refractivity contribution in [3.05, 3.63) is 35.2 Å². The molecule has 0 spiro atoms. The molecule has 2 aromatic rings. The molecule has 1 saturated carbocycles. The van der Waals surface area contributed by atoms with E-state index in [1.807, 2.05) is 32.0 Å². The number of aromatic nitrogens is 2. The predicted molar refractivity (Wildman–Crippen MR) is 109 cm³/mol. The van der Waals surface area contributed by atoms with Crippen LogP contribution in [0.2, 0.25) is 0 Å². The molecule has 1 N–H and O–H groups in total. The number of aryl methyl sites for hydroxylation is 2. The largest absolute Gasteiger partial charge is 0.484 e. The molecule has 3 rings (SSSR count). The van der Waals surface area contributed by atoms with Crippen molar-refractivity contribution in [1.29, 1.82) is 0 Å². The SMILES string of the molecule is Cc1ccc(C)c(OCc2nnc(SCC(=O)N[C@H]3CCC[C@H](C)[C@@H]3C)o2)c1. The summed E-state index contributed by atoms with van der Waals surface area (Å²) in [5, 5.41) is 11.6. The zero-order valence-electron chi connectivity index (χ0n) is 17.0. The van der Waals surface area contributed by atoms with Crippen LogP contribution in [0, 0.1) is 25.7 Å². The van der Waals surface area contributed by atoms with Crippen molar-refractivity contribution < 1.29 is 13.9 Å². The van der Waals surface area contributed by atoms with Crippen LogP contribution >= 0.6 is 11.8 Å². The first-order valence-corrected chi connectivity index (χ1v) is 10.9. The molecule has 1 aliphatic carbocycles. The molecular weight excluding hydrogens is 374 g/mol. The minimum absolute atomic E-state index is 0.0161. The summed E-state index contributed by atoms with van der Waals surface area (Å²) >= 11 is 1.26. The van der Waals surface area contributed by atoms with Crippen LogP contribution < -0.4 is 10.1 Å². The second-order valence-corrected chi connectivity index (χ2v) is 8.68. The van der Waals surface area contributed by atoms with Gasteiger partial charge in [-0.15, -0.1) is 10.2 Å². The van der Waals surface area contributed by atoms with E-state index in [9.17, 15) is 4.79 Å². The van der Waals surface area contributed by atoms with Crippen molar-refractivity contribution in [3.8, 4) is 5.75 Å². The summed E-state index contributed by atoms with van der Waals surface area (Å²) in [6.45, 7) is 8.71. The first kappa shape index (κ1) is 20.7. The van der Waals surface area contributed by atoms with E-state index in [1.165, 1.54) is 24.6 Å². The van der Waals surface area contributed by atoms with E-state index in [0.29, 0.717) is 22.9 Å². The number of thioether (sulfide) groups is 1. The molecule has 0 aliphatic heterocycles. The van der Waals surface area contributed by atoms with Gasteiger partial charge < -0.3 is 14.5 Å². The van der Waals surface area contributed by atoms with E-state index in [1.54, 1.807) is 0 Å². The molecule has 6 nitrogen and oxygen atoms in total. The molecule has 3 atom stereocenters. The Morgan fingerprint density at radius 3 is 2.93 bits per heavy atom. The Balaban J connectivity index is 1.45. The summed E-state index contributed by atoms with van der Waals surface area (Å²) in [7, 11) is 0. The Bertz CT molecular complexity index is 808. The lowest BCUT2D eigenvalue weighted by molar-refractivity contribution is -0.120. The molecule has 1 amide bonds. The van der Waals surface area contributed by atoms with E-state index in [4.69, 9.17) is 9.15 Å². The first-order valence-electron chi connectivity index (χ1n) is 9.87. The van der Waals surface area contributed by atoms with E-state index in [0.717, 1.165) is 23.3 Å². The van der Waals surface area contributed by atoms with Crippen molar-refractivity contribution in [2.75, 3.05) is 5.75 Å². The summed E-state index contributed by atoms with van der Waals surface area (Å²) in [5.74, 6) is 2.67. The number of rotatable bonds is 7. The normalized spacial score (nSPS) is 22.1. The quantitative estimate of drug-likeness (QED) is 0.695. The Labute approximate surface area is 170 Å². The van der Waals surface area contributed by atoms with Gasteiger partial charge in [-0.1, -0.05) is 50.6 Å². The van der Waals surface area contributed by atoms with Crippen molar-refractivity contribution in [2.45, 2.75) is 64.8 Å². The fourth-order valence-electron chi connectivity index (χ4n) is 3.52. The van der Waals surface area contributed by atoms with Crippen LogP contribution in [0.3, 0.4) is 0 Å². The first-order chi connectivity index (χ1) is 13.4. The molecule has 1 fully saturated rings. The number of hydrogen-bond donors (Lipinski definition) is 1. The van der Waals surface area contributed by atoms with Crippen LogP contribution in [0.1, 0.15) is 50.1 Å². The molecule has 0 saturated heterocycles. The number of nitrogens with one attached hydrogen (secondary N) is 1. The lowest BCUT2D eigenvalue weighted by atomic mass is 9.78. The van der Waals surface area contributed by atoms with Gasteiger partial charge >= 0.3 is 0 Å². The highest BCUT2D eigenvalue weighted by atomic mass is 32.2. The summed E-state index contributed by atoms with van der Waals surface area (Å²) in [5.41, 5.74) is 2.19. The number of ether oxygens (including phenoxy) is 1. The third-order valence-electron chi connectivity index (χ3n) is 5.52. The van der Waals surface area contributed by atoms with Crippen LogP contribution in [0.5, 0.6) is 5.75 Å². The zero-order valence-corrected chi connectivity index (χ0v) is 17.8. The van der Waals surface area contributed by atoms with Gasteiger partial charge in [0.1, 0.15) is 5.75 Å². The summed E-state index contributed by atoms with van der Waals surface area (Å²) in [6, 6.07) is 6.31. The molecule has 1 aliphatic rings. The Morgan fingerprint density at radius 2 is 2.11 bits per heavy atom. The van der Waals surface area contributed by atoms with Crippen molar-refractivity contribution in [2.24, 2.45) is 11.8 Å². The molecule has 28 heavy (non-hydrogen) atoms. The monoisotopic (exact) mass is 403 g/mol. The standard InChI is InChI=1S/C21H29N3O3S/c1-13-8-9-15(3)18(10-13)26-11-20-23-24-21(27-20)28-12-19(25)22-17-7-5-6-14(2)16(17)4/h8-10,14,16-17H,5-7,11-12H2,1-4H3,(H,22,25)/t14-,16-,17-/m0/s1. The van der Waals surface area contributed by atoms with Crippen molar-refractivity contribution in [3.63, 3.8) is 0 Å². The molecule has 0 bridgehead atoms. The molecule has 1 aromatic heterocycles. The summed E-state index contributed by atoms with van der Waals surface area (Å²) < 4.78 is 11.4. The average Bonchev–Trinajstić information content (AvgIpc) is 3.12. The van der Waals surface area contributed by atoms with Crippen LogP contribution in [0.4, 0.5) is 0 Å². The lowest BCUT2D eigenvalue weighted by Crippen LogP contribution is -2.44. The van der Waals surface area contributed by atoms with Crippen LogP contribution in [-0.2, 0) is 11.4 Å². The van der Waals surface area contributed by atoms with Crippen LogP contribution in [0.15, 0.2) is 27.8 Å². The van der Waals surface area contributed by atoms with Crippen LogP contribution in [0.25, 0.3) is 0 Å². The van der Waals surface area contributed by atoms with E-state index in [-0.39, 0.29) is 24.3 Å². The highest BCUT2D eigenvalue weighted by Crippen LogP contribution is 2.29. The highest BCUT2D eigenvalue weighted by Gasteiger charge is 2.28. The molecule has 7 heteroatoms. The van der Waals surface area contributed by atoms with E-state index < -0.39 is 0 Å². The minimum atomic E-state index is 0.0161. The van der Waals surface area contributed by atoms with Gasteiger partial charge in [-0.25, -0.2) is 0 Å². The summed E-state index contributed by atoms with van der Waals surface area (Å²) in [6.07, 6.45) is 3.48. The number of carbonyl (C=O) groups is 1. The second-order valence-electron chi connectivity index (χ2n) is 7.75. The van der Waals surface area contributed by atoms with Crippen LogP contribution in [-0.4, -0.2) is 27.9 Å². The lowest BCUT2D eigenvalue weighted by Gasteiger charge is -2.34.